The summed E-state index contributed by atoms with van der Waals surface area (Å²) in [4.78, 5) is 25.1. The van der Waals surface area contributed by atoms with Crippen molar-refractivity contribution in [2.24, 2.45) is 0 Å². The van der Waals surface area contributed by atoms with E-state index in [1.807, 2.05) is 11.0 Å². The monoisotopic (exact) mass is 408 g/mol. The van der Waals surface area contributed by atoms with Gasteiger partial charge in [-0.25, -0.2) is 4.98 Å². The molecule has 7 heteroatoms. The molecule has 1 amide bonds. The molecule has 30 heavy (non-hydrogen) atoms. The van der Waals surface area contributed by atoms with Crippen molar-refractivity contribution in [3.63, 3.8) is 0 Å². The molecule has 2 N–H and O–H groups in total. The van der Waals surface area contributed by atoms with Crippen LogP contribution in [0.1, 0.15) is 37.7 Å². The van der Waals surface area contributed by atoms with Gasteiger partial charge in [-0.3, -0.25) is 9.69 Å². The van der Waals surface area contributed by atoms with E-state index in [0.717, 1.165) is 70.8 Å². The molecule has 7 nitrogen and oxygen atoms in total. The van der Waals surface area contributed by atoms with Gasteiger partial charge in [0.2, 0.25) is 11.9 Å². The number of hydrogen-bond acceptors (Lipinski definition) is 6. The number of aromatic nitrogens is 2. The minimum Gasteiger partial charge on any atom is -0.370 e. The lowest BCUT2D eigenvalue weighted by Gasteiger charge is -2.32. The Morgan fingerprint density at radius 3 is 2.67 bits per heavy atom. The number of amides is 1. The van der Waals surface area contributed by atoms with Crippen LogP contribution in [0.5, 0.6) is 0 Å². The highest BCUT2D eigenvalue weighted by molar-refractivity contribution is 5.78. The van der Waals surface area contributed by atoms with E-state index in [-0.39, 0.29) is 0 Å². The van der Waals surface area contributed by atoms with Crippen molar-refractivity contribution >= 4 is 17.7 Å². The third kappa shape index (κ3) is 5.92. The number of piperidine rings is 1. The normalized spacial score (nSPS) is 18.0. The Labute approximate surface area is 178 Å². The van der Waals surface area contributed by atoms with E-state index >= 15 is 0 Å². The summed E-state index contributed by atoms with van der Waals surface area (Å²) in [5.41, 5.74) is 1.38. The van der Waals surface area contributed by atoms with Gasteiger partial charge >= 0.3 is 0 Å². The van der Waals surface area contributed by atoms with Crippen LogP contribution in [-0.4, -0.2) is 64.4 Å². The van der Waals surface area contributed by atoms with Crippen LogP contribution in [0.2, 0.25) is 0 Å². The van der Waals surface area contributed by atoms with E-state index in [4.69, 9.17) is 0 Å². The first kappa shape index (κ1) is 20.6. The Bertz CT molecular complexity index is 806. The van der Waals surface area contributed by atoms with Crippen LogP contribution in [0.25, 0.3) is 0 Å². The number of anilines is 2. The van der Waals surface area contributed by atoms with Gasteiger partial charge in [-0.2, -0.15) is 4.98 Å². The van der Waals surface area contributed by atoms with Crippen molar-refractivity contribution < 1.29 is 4.79 Å². The number of carbonyl (C=O) groups is 1. The fourth-order valence-electron chi connectivity index (χ4n) is 4.21. The predicted molar refractivity (Wildman–Crippen MR) is 119 cm³/mol. The minimum atomic E-state index is 0.290. The van der Waals surface area contributed by atoms with Crippen molar-refractivity contribution in [2.75, 3.05) is 43.4 Å². The summed E-state index contributed by atoms with van der Waals surface area (Å²) < 4.78 is 0. The number of likely N-dealkylation sites (tertiary alicyclic amines) is 2. The van der Waals surface area contributed by atoms with Gasteiger partial charge in [0.15, 0.2) is 0 Å². The second-order valence-electron chi connectivity index (χ2n) is 8.21. The van der Waals surface area contributed by atoms with Gasteiger partial charge in [0, 0.05) is 57.9 Å². The van der Waals surface area contributed by atoms with Crippen LogP contribution < -0.4 is 10.6 Å². The Morgan fingerprint density at radius 2 is 1.90 bits per heavy atom. The van der Waals surface area contributed by atoms with Crippen LogP contribution in [0.4, 0.5) is 11.8 Å². The van der Waals surface area contributed by atoms with Crippen molar-refractivity contribution in [1.82, 2.24) is 19.8 Å². The quantitative estimate of drug-likeness (QED) is 0.622. The van der Waals surface area contributed by atoms with Gasteiger partial charge in [0.1, 0.15) is 5.82 Å². The van der Waals surface area contributed by atoms with Gasteiger partial charge in [-0.15, -0.1) is 0 Å². The number of rotatable bonds is 9. The maximum absolute atomic E-state index is 11.7. The van der Waals surface area contributed by atoms with Gasteiger partial charge in [0.25, 0.3) is 0 Å². The second kappa shape index (κ2) is 10.4. The van der Waals surface area contributed by atoms with Crippen LogP contribution in [-0.2, 0) is 11.3 Å². The zero-order valence-corrected chi connectivity index (χ0v) is 17.6. The third-order valence-electron chi connectivity index (χ3n) is 5.91. The maximum atomic E-state index is 11.7. The van der Waals surface area contributed by atoms with E-state index in [0.29, 0.717) is 24.3 Å². The molecule has 0 radical (unpaired) electrons. The molecule has 4 rings (SSSR count). The zero-order valence-electron chi connectivity index (χ0n) is 17.6. The molecule has 1 aromatic carbocycles. The number of benzene rings is 1. The zero-order chi connectivity index (χ0) is 20.6. The van der Waals surface area contributed by atoms with Crippen LogP contribution in [0.3, 0.4) is 0 Å². The SMILES string of the molecule is O=C1CCCN1CCCNc1ccnc(NC2CCN(Cc3ccccc3)CC2)n1. The molecule has 0 spiro atoms. The molecular formula is C23H32N6O. The van der Waals surface area contributed by atoms with Crippen LogP contribution in [0.15, 0.2) is 42.6 Å². The first-order chi connectivity index (χ1) is 14.8. The molecule has 0 unspecified atom stereocenters. The largest absolute Gasteiger partial charge is 0.370 e. The predicted octanol–water partition coefficient (Wildman–Crippen LogP) is 2.98. The molecule has 2 saturated heterocycles. The molecule has 160 valence electrons. The first-order valence-electron chi connectivity index (χ1n) is 11.1. The molecular weight excluding hydrogens is 376 g/mol. The van der Waals surface area contributed by atoms with Crippen LogP contribution >= 0.6 is 0 Å². The van der Waals surface area contributed by atoms with Crippen molar-refractivity contribution in [1.29, 1.82) is 0 Å². The smallest absolute Gasteiger partial charge is 0.224 e. The van der Waals surface area contributed by atoms with E-state index < -0.39 is 0 Å². The summed E-state index contributed by atoms with van der Waals surface area (Å²) >= 11 is 0. The molecule has 2 aliphatic rings. The lowest BCUT2D eigenvalue weighted by atomic mass is 10.0. The van der Waals surface area contributed by atoms with E-state index in [1.165, 1.54) is 5.56 Å². The first-order valence-corrected chi connectivity index (χ1v) is 11.1. The highest BCUT2D eigenvalue weighted by Crippen LogP contribution is 2.17. The molecule has 2 fully saturated rings. The summed E-state index contributed by atoms with van der Waals surface area (Å²) in [7, 11) is 0. The topological polar surface area (TPSA) is 73.4 Å². The standard InChI is InChI=1S/C23H32N6O/c30-22-8-4-14-29(22)15-5-12-24-21-9-13-25-23(27-21)26-20-10-16-28(17-11-20)18-19-6-2-1-3-7-19/h1-3,6-7,9,13,20H,4-5,8,10-12,14-18H2,(H2,24,25,26,27). The molecule has 1 aromatic heterocycles. The Morgan fingerprint density at radius 1 is 1.07 bits per heavy atom. The molecule has 2 aromatic rings. The molecule has 0 atom stereocenters. The van der Waals surface area contributed by atoms with Gasteiger partial charge in [-0.1, -0.05) is 30.3 Å². The highest BCUT2D eigenvalue weighted by Gasteiger charge is 2.20. The molecule has 2 aliphatic heterocycles. The fraction of sp³-hybridized carbons (Fsp3) is 0.522. The number of nitrogens with one attached hydrogen (secondary N) is 2. The van der Waals surface area contributed by atoms with Gasteiger partial charge in [-0.05, 0) is 37.3 Å². The fourth-order valence-corrected chi connectivity index (χ4v) is 4.21. The van der Waals surface area contributed by atoms with Gasteiger partial charge < -0.3 is 15.5 Å². The summed E-state index contributed by atoms with van der Waals surface area (Å²) in [5.74, 6) is 1.82. The molecule has 0 aliphatic carbocycles. The minimum absolute atomic E-state index is 0.290. The maximum Gasteiger partial charge on any atom is 0.224 e. The average Bonchev–Trinajstić information content (AvgIpc) is 3.18. The second-order valence-corrected chi connectivity index (χ2v) is 8.21. The summed E-state index contributed by atoms with van der Waals surface area (Å²) in [6.45, 7) is 5.72. The Balaban J connectivity index is 1.17. The highest BCUT2D eigenvalue weighted by atomic mass is 16.2. The van der Waals surface area contributed by atoms with E-state index in [2.05, 4.69) is 55.8 Å². The van der Waals surface area contributed by atoms with E-state index in [1.54, 1.807) is 6.20 Å². The van der Waals surface area contributed by atoms with E-state index in [9.17, 15) is 4.79 Å². The Hall–Kier alpha value is -2.67. The van der Waals surface area contributed by atoms with Crippen molar-refractivity contribution in [2.45, 2.75) is 44.7 Å². The number of hydrogen-bond donors (Lipinski definition) is 2. The van der Waals surface area contributed by atoms with Crippen molar-refractivity contribution in [3.05, 3.63) is 48.2 Å². The molecule has 3 heterocycles. The summed E-state index contributed by atoms with van der Waals surface area (Å²) in [6, 6.07) is 13.0. The number of carbonyl (C=O) groups excluding carboxylic acids is 1. The van der Waals surface area contributed by atoms with Gasteiger partial charge in [0.05, 0.1) is 0 Å². The Kier molecular flexibility index (Phi) is 7.13. The molecule has 0 saturated carbocycles. The molecule has 0 bridgehead atoms. The third-order valence-corrected chi connectivity index (χ3v) is 5.91. The number of nitrogens with zero attached hydrogens (tertiary/aromatic N) is 4. The lowest BCUT2D eigenvalue weighted by Crippen LogP contribution is -2.39. The average molecular weight is 409 g/mol. The van der Waals surface area contributed by atoms with Crippen LogP contribution in [0, 0.1) is 0 Å². The van der Waals surface area contributed by atoms with Crippen molar-refractivity contribution in [3.8, 4) is 0 Å². The lowest BCUT2D eigenvalue weighted by molar-refractivity contribution is -0.127. The summed E-state index contributed by atoms with van der Waals surface area (Å²) in [6.07, 6.45) is 6.62. The summed E-state index contributed by atoms with van der Waals surface area (Å²) in [5, 5.41) is 6.86.